The van der Waals surface area contributed by atoms with Crippen molar-refractivity contribution in [2.75, 3.05) is 0 Å². The van der Waals surface area contributed by atoms with Crippen LogP contribution >= 0.6 is 0 Å². The molecule has 1 amide bonds. The van der Waals surface area contributed by atoms with Crippen LogP contribution in [-0.4, -0.2) is 32.7 Å². The fourth-order valence-corrected chi connectivity index (χ4v) is 3.57. The molecular weight excluding hydrogens is 368 g/mol. The van der Waals surface area contributed by atoms with E-state index in [1.807, 2.05) is 18.2 Å². The number of nitrogens with zero attached hydrogens (tertiary/aromatic N) is 3. The molecule has 2 aromatic carbocycles. The van der Waals surface area contributed by atoms with Crippen molar-refractivity contribution >= 4 is 11.9 Å². The molecular formula is C22H22N4O3. The number of aryl methyl sites for hydroxylation is 1. The largest absolute Gasteiger partial charge is 0.449 e. The number of fused-ring (bicyclic) bond motifs is 1. The van der Waals surface area contributed by atoms with Crippen LogP contribution in [0, 0.1) is 0 Å². The van der Waals surface area contributed by atoms with Gasteiger partial charge in [-0.3, -0.25) is 4.79 Å². The second-order valence-corrected chi connectivity index (χ2v) is 7.09. The quantitative estimate of drug-likeness (QED) is 0.677. The highest BCUT2D eigenvalue weighted by atomic mass is 16.5. The second kappa shape index (κ2) is 8.26. The number of amides is 1. The van der Waals surface area contributed by atoms with Crippen LogP contribution in [0.25, 0.3) is 5.69 Å². The molecule has 1 N–H and O–H groups in total. The lowest BCUT2D eigenvalue weighted by molar-refractivity contribution is -0.130. The maximum Gasteiger partial charge on any atom is 0.338 e. The fraction of sp³-hybridized carbons (Fsp3) is 0.273. The van der Waals surface area contributed by atoms with Crippen LogP contribution in [0.2, 0.25) is 0 Å². The summed E-state index contributed by atoms with van der Waals surface area (Å²) in [5, 5.41) is 7.07. The van der Waals surface area contributed by atoms with Crippen molar-refractivity contribution in [3.05, 3.63) is 77.9 Å². The first-order chi connectivity index (χ1) is 14.1. The summed E-state index contributed by atoms with van der Waals surface area (Å²) in [6.45, 7) is 1.59. The molecule has 0 fully saturated rings. The topological polar surface area (TPSA) is 86.1 Å². The molecule has 0 aliphatic heterocycles. The molecule has 0 saturated heterocycles. The molecule has 0 spiro atoms. The van der Waals surface area contributed by atoms with Gasteiger partial charge in [-0.15, -0.1) is 0 Å². The average Bonchev–Trinajstić information content (AvgIpc) is 3.29. The normalized spacial score (nSPS) is 16.5. The molecule has 1 aliphatic carbocycles. The van der Waals surface area contributed by atoms with Crippen molar-refractivity contribution in [1.82, 2.24) is 20.1 Å². The summed E-state index contributed by atoms with van der Waals surface area (Å²) in [5.41, 5.74) is 3.56. The van der Waals surface area contributed by atoms with E-state index < -0.39 is 12.1 Å². The molecule has 1 heterocycles. The van der Waals surface area contributed by atoms with Gasteiger partial charge in [-0.05, 0) is 61.6 Å². The molecule has 1 aromatic heterocycles. The number of hydrogen-bond donors (Lipinski definition) is 1. The molecule has 0 radical (unpaired) electrons. The molecule has 4 rings (SSSR count). The summed E-state index contributed by atoms with van der Waals surface area (Å²) in [7, 11) is 0. The average molecular weight is 390 g/mol. The predicted molar refractivity (Wildman–Crippen MR) is 107 cm³/mol. The zero-order valence-corrected chi connectivity index (χ0v) is 16.1. The van der Waals surface area contributed by atoms with Crippen molar-refractivity contribution in [1.29, 1.82) is 0 Å². The third-order valence-electron chi connectivity index (χ3n) is 5.13. The Bertz CT molecular complexity index is 999. The van der Waals surface area contributed by atoms with Gasteiger partial charge >= 0.3 is 5.97 Å². The lowest BCUT2D eigenvalue weighted by Gasteiger charge is -2.27. The van der Waals surface area contributed by atoms with Crippen LogP contribution in [0.1, 0.15) is 47.3 Å². The van der Waals surface area contributed by atoms with E-state index in [2.05, 4.69) is 21.5 Å². The highest BCUT2D eigenvalue weighted by Gasteiger charge is 2.25. The number of carbonyl (C=O) groups excluding carboxylic acids is 2. The van der Waals surface area contributed by atoms with E-state index in [9.17, 15) is 9.59 Å². The first-order valence-electron chi connectivity index (χ1n) is 9.66. The lowest BCUT2D eigenvalue weighted by atomic mass is 9.87. The van der Waals surface area contributed by atoms with Gasteiger partial charge in [-0.2, -0.15) is 5.10 Å². The molecule has 148 valence electrons. The molecule has 0 saturated carbocycles. The summed E-state index contributed by atoms with van der Waals surface area (Å²) < 4.78 is 6.96. The third-order valence-corrected chi connectivity index (χ3v) is 5.13. The highest BCUT2D eigenvalue weighted by molar-refractivity contribution is 5.92. The number of ether oxygens (including phenoxy) is 1. The lowest BCUT2D eigenvalue weighted by Crippen LogP contribution is -2.39. The molecule has 7 nitrogen and oxygen atoms in total. The number of carbonyl (C=O) groups is 2. The Balaban J connectivity index is 1.37. The Hall–Kier alpha value is -3.48. The summed E-state index contributed by atoms with van der Waals surface area (Å²) in [5.74, 6) is -0.832. The van der Waals surface area contributed by atoms with Gasteiger partial charge in [0, 0.05) is 0 Å². The van der Waals surface area contributed by atoms with Gasteiger partial charge in [-0.25, -0.2) is 14.5 Å². The monoisotopic (exact) mass is 390 g/mol. The number of hydrogen-bond acceptors (Lipinski definition) is 5. The van der Waals surface area contributed by atoms with Gasteiger partial charge < -0.3 is 10.1 Å². The predicted octanol–water partition coefficient (Wildman–Crippen LogP) is 3.01. The Labute approximate surface area is 168 Å². The van der Waals surface area contributed by atoms with E-state index in [1.165, 1.54) is 11.9 Å². The zero-order valence-electron chi connectivity index (χ0n) is 16.1. The van der Waals surface area contributed by atoms with E-state index in [4.69, 9.17) is 4.74 Å². The molecule has 0 bridgehead atoms. The van der Waals surface area contributed by atoms with Crippen LogP contribution in [0.4, 0.5) is 0 Å². The van der Waals surface area contributed by atoms with Crippen LogP contribution in [0.3, 0.4) is 0 Å². The maximum atomic E-state index is 12.6. The van der Waals surface area contributed by atoms with E-state index in [1.54, 1.807) is 42.2 Å². The Morgan fingerprint density at radius 3 is 2.72 bits per heavy atom. The second-order valence-electron chi connectivity index (χ2n) is 7.09. The van der Waals surface area contributed by atoms with Gasteiger partial charge in [0.05, 0.1) is 17.3 Å². The number of aromatic nitrogens is 3. The minimum Gasteiger partial charge on any atom is -0.449 e. The standard InChI is InChI=1S/C22H22N4O3/c1-15(21(27)25-20-8-4-6-16-5-2-3-7-19(16)20)29-22(28)17-9-11-18(12-10-17)26-14-23-13-24-26/h2-3,5,7,9-15,20H,4,6,8H2,1H3,(H,25,27)/t15-,20+/m1/s1. The number of rotatable bonds is 5. The molecule has 1 aliphatic rings. The van der Waals surface area contributed by atoms with Crippen molar-refractivity contribution in [2.45, 2.75) is 38.3 Å². The van der Waals surface area contributed by atoms with Crippen LogP contribution in [0.5, 0.6) is 0 Å². The number of esters is 1. The maximum absolute atomic E-state index is 12.6. The highest BCUT2D eigenvalue weighted by Crippen LogP contribution is 2.29. The molecule has 29 heavy (non-hydrogen) atoms. The number of benzene rings is 2. The molecule has 2 atom stereocenters. The molecule has 3 aromatic rings. The van der Waals surface area contributed by atoms with Crippen LogP contribution in [-0.2, 0) is 16.0 Å². The minimum atomic E-state index is -0.883. The van der Waals surface area contributed by atoms with Crippen molar-refractivity contribution in [3.63, 3.8) is 0 Å². The third kappa shape index (κ3) is 4.18. The first-order valence-corrected chi connectivity index (χ1v) is 9.66. The van der Waals surface area contributed by atoms with Gasteiger partial charge in [0.2, 0.25) is 0 Å². The van der Waals surface area contributed by atoms with E-state index in [-0.39, 0.29) is 11.9 Å². The molecule has 0 unspecified atom stereocenters. The SMILES string of the molecule is C[C@@H](OC(=O)c1ccc(-n2cncn2)cc1)C(=O)N[C@H]1CCCc2ccccc21. The fourth-order valence-electron chi connectivity index (χ4n) is 3.57. The summed E-state index contributed by atoms with van der Waals surface area (Å²) in [4.78, 5) is 28.9. The Kier molecular flexibility index (Phi) is 5.37. The van der Waals surface area contributed by atoms with Crippen molar-refractivity contribution in [2.24, 2.45) is 0 Å². The van der Waals surface area contributed by atoms with Crippen LogP contribution < -0.4 is 5.32 Å². The van der Waals surface area contributed by atoms with E-state index in [0.29, 0.717) is 5.56 Å². The summed E-state index contributed by atoms with van der Waals surface area (Å²) in [6.07, 6.45) is 5.06. The zero-order chi connectivity index (χ0) is 20.2. The first kappa shape index (κ1) is 18.9. The Morgan fingerprint density at radius 1 is 1.17 bits per heavy atom. The smallest absolute Gasteiger partial charge is 0.338 e. The van der Waals surface area contributed by atoms with Gasteiger partial charge in [0.25, 0.3) is 5.91 Å². The van der Waals surface area contributed by atoms with Gasteiger partial charge in [-0.1, -0.05) is 24.3 Å². The van der Waals surface area contributed by atoms with E-state index >= 15 is 0 Å². The van der Waals surface area contributed by atoms with E-state index in [0.717, 1.165) is 30.5 Å². The summed E-state index contributed by atoms with van der Waals surface area (Å²) >= 11 is 0. The number of nitrogens with one attached hydrogen (secondary N) is 1. The Morgan fingerprint density at radius 2 is 1.97 bits per heavy atom. The minimum absolute atomic E-state index is 0.0458. The van der Waals surface area contributed by atoms with Crippen molar-refractivity contribution < 1.29 is 14.3 Å². The van der Waals surface area contributed by atoms with Gasteiger partial charge in [0.15, 0.2) is 6.10 Å². The van der Waals surface area contributed by atoms with Crippen LogP contribution in [0.15, 0.2) is 61.2 Å². The van der Waals surface area contributed by atoms with Crippen molar-refractivity contribution in [3.8, 4) is 5.69 Å². The molecule has 7 heteroatoms. The summed E-state index contributed by atoms with van der Waals surface area (Å²) in [6, 6.07) is 14.9. The van der Waals surface area contributed by atoms with Gasteiger partial charge in [0.1, 0.15) is 12.7 Å².